The van der Waals surface area contributed by atoms with Crippen LogP contribution in [-0.4, -0.2) is 12.3 Å². The summed E-state index contributed by atoms with van der Waals surface area (Å²) >= 11 is 1.77. The third-order valence-corrected chi connectivity index (χ3v) is 5.04. The van der Waals surface area contributed by atoms with Crippen molar-refractivity contribution in [1.82, 2.24) is 0 Å². The van der Waals surface area contributed by atoms with Gasteiger partial charge in [0.2, 0.25) is 0 Å². The first-order valence-corrected chi connectivity index (χ1v) is 8.50. The van der Waals surface area contributed by atoms with Gasteiger partial charge in [0.05, 0.1) is 4.75 Å². The van der Waals surface area contributed by atoms with Gasteiger partial charge in [-0.15, -0.1) is 11.8 Å². The lowest BCUT2D eigenvalue weighted by molar-refractivity contribution is 0.891. The number of allylic oxidation sites excluding steroid dienone is 6. The van der Waals surface area contributed by atoms with Crippen molar-refractivity contribution in [3.8, 4) is 0 Å². The number of nitrogens with two attached hydrogens (primary N) is 1. The molecule has 0 aromatic heterocycles. The van der Waals surface area contributed by atoms with E-state index in [4.69, 9.17) is 5.73 Å². The minimum Gasteiger partial charge on any atom is -0.330 e. The first kappa shape index (κ1) is 19.0. The zero-order valence-corrected chi connectivity index (χ0v) is 14.4. The summed E-state index contributed by atoms with van der Waals surface area (Å²) < 4.78 is -0.438. The van der Waals surface area contributed by atoms with Gasteiger partial charge in [-0.1, -0.05) is 93.1 Å². The van der Waals surface area contributed by atoms with Crippen molar-refractivity contribution in [3.63, 3.8) is 0 Å². The minimum atomic E-state index is -0.438. The molecule has 2 heteroatoms. The van der Waals surface area contributed by atoms with Gasteiger partial charge >= 0.3 is 0 Å². The molecule has 1 nitrogen and oxygen atoms in total. The van der Waals surface area contributed by atoms with Crippen LogP contribution in [0.5, 0.6) is 0 Å². The Morgan fingerprint density at radius 2 is 1.48 bits per heavy atom. The maximum Gasteiger partial charge on any atom is 0.0906 e. The summed E-state index contributed by atoms with van der Waals surface area (Å²) in [5.74, 6) is 0.805. The molecule has 1 aromatic rings. The molecular weight excluding hydrogens is 298 g/mol. The monoisotopic (exact) mass is 323 g/mol. The van der Waals surface area contributed by atoms with Crippen LogP contribution in [0.2, 0.25) is 0 Å². The van der Waals surface area contributed by atoms with Gasteiger partial charge in [0.25, 0.3) is 0 Å². The van der Waals surface area contributed by atoms with Crippen LogP contribution in [0.4, 0.5) is 0 Å². The van der Waals surface area contributed by atoms with Crippen molar-refractivity contribution < 1.29 is 0 Å². The van der Waals surface area contributed by atoms with Crippen molar-refractivity contribution >= 4 is 11.8 Å². The first-order chi connectivity index (χ1) is 11.2. The van der Waals surface area contributed by atoms with Gasteiger partial charge in [-0.25, -0.2) is 0 Å². The molecule has 0 amide bonds. The van der Waals surface area contributed by atoms with E-state index in [0.29, 0.717) is 6.54 Å². The van der Waals surface area contributed by atoms with Crippen LogP contribution < -0.4 is 5.73 Å². The van der Waals surface area contributed by atoms with E-state index >= 15 is 0 Å². The Morgan fingerprint density at radius 1 is 0.957 bits per heavy atom. The van der Waals surface area contributed by atoms with Crippen molar-refractivity contribution in [2.45, 2.75) is 4.75 Å². The van der Waals surface area contributed by atoms with Gasteiger partial charge in [0.15, 0.2) is 0 Å². The highest BCUT2D eigenvalue weighted by atomic mass is 32.2. The SMILES string of the molecule is C=C/C=C(\C=C)C(SCCN)(/C(C=C)=C/C=C)c1ccccc1. The normalized spacial score (nSPS) is 14.7. The first-order valence-electron chi connectivity index (χ1n) is 7.52. The summed E-state index contributed by atoms with van der Waals surface area (Å²) in [7, 11) is 0. The molecule has 0 unspecified atom stereocenters. The second kappa shape index (κ2) is 9.88. The number of rotatable bonds is 10. The Balaban J connectivity index is 3.77. The van der Waals surface area contributed by atoms with Gasteiger partial charge in [0, 0.05) is 12.3 Å². The van der Waals surface area contributed by atoms with Gasteiger partial charge < -0.3 is 5.73 Å². The topological polar surface area (TPSA) is 26.0 Å². The standard InChI is InChI=1S/C21H25NS/c1-5-12-18(7-3)21(23-17-16-22,19(8-4)13-6-2)20-14-10-9-11-15-20/h5-15H,1-4,16-17,22H2/b18-12+,19-13+. The highest BCUT2D eigenvalue weighted by molar-refractivity contribution is 8.00. The Bertz CT molecular complexity index is 578. The fourth-order valence-corrected chi connectivity index (χ4v) is 3.91. The molecule has 120 valence electrons. The van der Waals surface area contributed by atoms with Crippen LogP contribution in [-0.2, 0) is 4.75 Å². The highest BCUT2D eigenvalue weighted by Gasteiger charge is 2.37. The fourth-order valence-electron chi connectivity index (χ4n) is 2.55. The van der Waals surface area contributed by atoms with E-state index < -0.39 is 4.75 Å². The van der Waals surface area contributed by atoms with E-state index in [1.807, 2.05) is 42.5 Å². The smallest absolute Gasteiger partial charge is 0.0906 e. The predicted octanol–water partition coefficient (Wildman–Crippen LogP) is 5.17. The van der Waals surface area contributed by atoms with E-state index in [0.717, 1.165) is 22.5 Å². The Hall–Kier alpha value is -2.03. The van der Waals surface area contributed by atoms with Gasteiger partial charge in [-0.05, 0) is 16.7 Å². The lowest BCUT2D eigenvalue weighted by atomic mass is 9.82. The molecule has 0 heterocycles. The molecule has 0 aliphatic carbocycles. The van der Waals surface area contributed by atoms with Crippen molar-refractivity contribution in [1.29, 1.82) is 0 Å². The molecular formula is C21H25NS. The van der Waals surface area contributed by atoms with Crippen LogP contribution in [0, 0.1) is 0 Å². The summed E-state index contributed by atoms with van der Waals surface area (Å²) in [5, 5.41) is 0. The van der Waals surface area contributed by atoms with E-state index in [9.17, 15) is 0 Å². The molecule has 0 spiro atoms. The van der Waals surface area contributed by atoms with E-state index in [1.165, 1.54) is 0 Å². The summed E-state index contributed by atoms with van der Waals surface area (Å²) in [6.07, 6.45) is 11.3. The van der Waals surface area contributed by atoms with Gasteiger partial charge in [-0.3, -0.25) is 0 Å². The van der Waals surface area contributed by atoms with Gasteiger partial charge in [-0.2, -0.15) is 0 Å². The molecule has 0 atom stereocenters. The van der Waals surface area contributed by atoms with Crippen molar-refractivity contribution in [3.05, 3.63) is 110 Å². The second-order valence-corrected chi connectivity index (χ2v) is 6.12. The maximum atomic E-state index is 5.79. The number of thioether (sulfide) groups is 1. The van der Waals surface area contributed by atoms with Gasteiger partial charge in [0.1, 0.15) is 0 Å². The number of hydrogen-bond donors (Lipinski definition) is 1. The molecule has 0 aliphatic heterocycles. The minimum absolute atomic E-state index is 0.438. The molecule has 0 saturated carbocycles. The van der Waals surface area contributed by atoms with Crippen LogP contribution in [0.3, 0.4) is 0 Å². The molecule has 2 N–H and O–H groups in total. The Morgan fingerprint density at radius 3 is 1.87 bits per heavy atom. The average molecular weight is 324 g/mol. The van der Waals surface area contributed by atoms with Crippen LogP contribution >= 0.6 is 11.8 Å². The van der Waals surface area contributed by atoms with E-state index in [1.54, 1.807) is 23.9 Å². The van der Waals surface area contributed by atoms with E-state index in [2.05, 4.69) is 38.4 Å². The van der Waals surface area contributed by atoms with Crippen LogP contribution in [0.1, 0.15) is 5.56 Å². The molecule has 0 aliphatic rings. The quantitative estimate of drug-likeness (QED) is 0.601. The van der Waals surface area contributed by atoms with Crippen LogP contribution in [0.15, 0.2) is 104 Å². The molecule has 0 radical (unpaired) electrons. The Kier molecular flexibility index (Phi) is 8.17. The second-order valence-electron chi connectivity index (χ2n) is 4.81. The molecule has 0 bridgehead atoms. The number of hydrogen-bond acceptors (Lipinski definition) is 2. The average Bonchev–Trinajstić information content (AvgIpc) is 2.60. The maximum absolute atomic E-state index is 5.79. The van der Waals surface area contributed by atoms with Crippen molar-refractivity contribution in [2.24, 2.45) is 5.73 Å². The summed E-state index contributed by atoms with van der Waals surface area (Å²) in [6.45, 7) is 16.3. The molecule has 1 rings (SSSR count). The molecule has 1 aromatic carbocycles. The zero-order valence-electron chi connectivity index (χ0n) is 13.6. The predicted molar refractivity (Wildman–Crippen MR) is 107 cm³/mol. The third kappa shape index (κ3) is 4.25. The molecule has 23 heavy (non-hydrogen) atoms. The summed E-state index contributed by atoms with van der Waals surface area (Å²) in [6, 6.07) is 10.3. The fraction of sp³-hybridized carbons (Fsp3) is 0.143. The Labute approximate surface area is 144 Å². The highest BCUT2D eigenvalue weighted by Crippen LogP contribution is 2.49. The zero-order chi connectivity index (χ0) is 17.1. The summed E-state index contributed by atoms with van der Waals surface area (Å²) in [4.78, 5) is 0. The van der Waals surface area contributed by atoms with E-state index in [-0.39, 0.29) is 0 Å². The van der Waals surface area contributed by atoms with Crippen molar-refractivity contribution in [2.75, 3.05) is 12.3 Å². The third-order valence-electron chi connectivity index (χ3n) is 3.46. The molecule has 0 saturated heterocycles. The van der Waals surface area contributed by atoms with Crippen LogP contribution in [0.25, 0.3) is 0 Å². The largest absolute Gasteiger partial charge is 0.330 e. The summed E-state index contributed by atoms with van der Waals surface area (Å²) in [5.41, 5.74) is 9.04. The number of benzene rings is 1. The lowest BCUT2D eigenvalue weighted by Gasteiger charge is -2.37. The lowest BCUT2D eigenvalue weighted by Crippen LogP contribution is -2.28. The molecule has 0 fully saturated rings.